The maximum atomic E-state index is 2.34. The third kappa shape index (κ3) is 25.2. The summed E-state index contributed by atoms with van der Waals surface area (Å²) in [5.74, 6) is 0. The zero-order valence-electron chi connectivity index (χ0n) is 85.9. The molecule has 0 heteroatoms. The van der Waals surface area contributed by atoms with Crippen molar-refractivity contribution in [3.05, 3.63) is 652 Å². The van der Waals surface area contributed by atoms with E-state index in [9.17, 15) is 0 Å². The third-order valence-corrected chi connectivity index (χ3v) is 27.6. The lowest BCUT2D eigenvalue weighted by Crippen LogP contribution is -1.91. The Morgan fingerprint density at radius 2 is 0.280 bits per heavy atom. The standard InChI is InChI=1S/6C25H20/c1-19-24(21-13-7-3-8-14-21)17-23(20-11-5-2-6-12-20)18-25(19)22-15-9-4-10-16-22;1-19-17-24(21-13-7-3-8-14-21)25(22-15-9-4-10-16-22)18-23(19)20-11-5-2-6-12-20;1-19-17-23(20-11-5-2-6-12-20)18-24(21-13-7-3-8-14-21)25(19)22-15-9-4-10-16-22;1-19-12-14-20(15-13-19)23-16-17-24(21-8-4-2-5-9-21)25(18-23)22-10-6-3-7-11-22;1-19-12-14-22(15-13-19)24-17-16-23(20-8-4-2-5-9-20)18-25(24)21-10-6-3-7-11-21;1-19-14-16-21(17-15-19)24-12-5-6-13-25(24)23-11-7-10-22(18-23)20-8-3-2-4-9-20/h6*2-18H,1H3. The predicted octanol–water partition coefficient (Wildman–Crippen LogP) is 42.0. The maximum Gasteiger partial charge on any atom is -0.00757 e. The first-order valence-electron chi connectivity index (χ1n) is 51.8. The lowest BCUT2D eigenvalue weighted by atomic mass is 9.88. The molecule has 24 rings (SSSR count). The van der Waals surface area contributed by atoms with Crippen molar-refractivity contribution in [1.82, 2.24) is 0 Å². The summed E-state index contributed by atoms with van der Waals surface area (Å²) in [6.07, 6.45) is 0. The lowest BCUT2D eigenvalue weighted by Gasteiger charge is -2.16. The van der Waals surface area contributed by atoms with Crippen molar-refractivity contribution < 1.29 is 0 Å². The van der Waals surface area contributed by atoms with E-state index in [2.05, 4.69) is 660 Å². The quantitative estimate of drug-likeness (QED) is 0.0803. The summed E-state index contributed by atoms with van der Waals surface area (Å²) in [5, 5.41) is 0. The Morgan fingerprint density at radius 1 is 0.0867 bits per heavy atom. The fourth-order valence-electron chi connectivity index (χ4n) is 19.7. The molecule has 0 radical (unpaired) electrons. The van der Waals surface area contributed by atoms with Gasteiger partial charge in [0.15, 0.2) is 0 Å². The molecule has 0 amide bonds. The average Bonchev–Trinajstić information content (AvgIpc) is 0.792. The predicted molar refractivity (Wildman–Crippen MR) is 645 cm³/mol. The molecule has 0 fully saturated rings. The van der Waals surface area contributed by atoms with Crippen LogP contribution >= 0.6 is 0 Å². The van der Waals surface area contributed by atoms with Gasteiger partial charge in [-0.2, -0.15) is 0 Å². The van der Waals surface area contributed by atoms with Gasteiger partial charge in [-0.25, -0.2) is 0 Å². The van der Waals surface area contributed by atoms with Crippen LogP contribution in [0.25, 0.3) is 200 Å². The highest BCUT2D eigenvalue weighted by molar-refractivity contribution is 5.95. The van der Waals surface area contributed by atoms with Gasteiger partial charge in [0.25, 0.3) is 0 Å². The second kappa shape index (κ2) is 49.7. The minimum Gasteiger partial charge on any atom is -0.0622 e. The molecular weight excluding hydrogens is 1800 g/mol. The molecule has 0 atom stereocenters. The molecule has 0 aliphatic carbocycles. The Labute approximate surface area is 887 Å². The van der Waals surface area contributed by atoms with Crippen LogP contribution in [0.5, 0.6) is 0 Å². The van der Waals surface area contributed by atoms with Gasteiger partial charge in [0.1, 0.15) is 0 Å². The largest absolute Gasteiger partial charge is 0.0622 e. The molecule has 0 aliphatic rings. The maximum absolute atomic E-state index is 2.34. The Kier molecular flexibility index (Phi) is 33.1. The number of aryl methyl sites for hydroxylation is 5. The van der Waals surface area contributed by atoms with E-state index in [1.54, 1.807) is 0 Å². The SMILES string of the molecule is Cc1c(-c2ccccc2)cc(-c2ccccc2)cc1-c1ccccc1.Cc1cc(-c2ccccc2)c(-c2ccccc2)cc1-c1ccccc1.Cc1cc(-c2ccccc2)cc(-c2ccccc2)c1-c1ccccc1.Cc1ccc(-c2ccc(-c3ccccc3)c(-c3ccccc3)c2)cc1.Cc1ccc(-c2ccc(-c3ccccc3)cc2-c2ccccc2)cc1.Cc1ccc(-c2ccccc2-c2cccc(-c3ccccc3)c2)cc1. The summed E-state index contributed by atoms with van der Waals surface area (Å²) < 4.78 is 0. The van der Waals surface area contributed by atoms with Gasteiger partial charge in [-0.05, 0) is 301 Å². The Morgan fingerprint density at radius 3 is 0.620 bits per heavy atom. The van der Waals surface area contributed by atoms with Gasteiger partial charge in [-0.3, -0.25) is 0 Å². The number of benzene rings is 24. The normalized spacial score (nSPS) is 10.6. The Bertz CT molecular complexity index is 8360. The zero-order valence-corrected chi connectivity index (χ0v) is 85.9. The summed E-state index contributed by atoms with van der Waals surface area (Å²) >= 11 is 0. The second-order valence-corrected chi connectivity index (χ2v) is 38.0. The lowest BCUT2D eigenvalue weighted by molar-refractivity contribution is 1.44. The van der Waals surface area contributed by atoms with Gasteiger partial charge in [0.05, 0.1) is 0 Å². The monoisotopic (exact) mass is 1920 g/mol. The van der Waals surface area contributed by atoms with E-state index in [0.717, 1.165) is 0 Å². The molecule has 720 valence electrons. The van der Waals surface area contributed by atoms with E-state index in [1.807, 2.05) is 0 Å². The minimum atomic E-state index is 1.25. The van der Waals surface area contributed by atoms with Crippen molar-refractivity contribution in [3.8, 4) is 200 Å². The third-order valence-electron chi connectivity index (χ3n) is 27.6. The molecule has 0 aliphatic heterocycles. The van der Waals surface area contributed by atoms with E-state index in [1.165, 1.54) is 234 Å². The van der Waals surface area contributed by atoms with Crippen LogP contribution in [0.15, 0.2) is 619 Å². The second-order valence-electron chi connectivity index (χ2n) is 38.0. The van der Waals surface area contributed by atoms with Crippen LogP contribution in [0.3, 0.4) is 0 Å². The van der Waals surface area contributed by atoms with Gasteiger partial charge in [-0.15, -0.1) is 0 Å². The van der Waals surface area contributed by atoms with Gasteiger partial charge in [0.2, 0.25) is 0 Å². The van der Waals surface area contributed by atoms with Crippen LogP contribution in [0.2, 0.25) is 0 Å². The molecule has 0 heterocycles. The first kappa shape index (κ1) is 100.0. The molecule has 0 aromatic heterocycles. The van der Waals surface area contributed by atoms with Gasteiger partial charge >= 0.3 is 0 Å². The van der Waals surface area contributed by atoms with E-state index < -0.39 is 0 Å². The highest BCUT2D eigenvalue weighted by Gasteiger charge is 2.20. The average molecular weight is 1920 g/mol. The topological polar surface area (TPSA) is 0 Å². The highest BCUT2D eigenvalue weighted by Crippen LogP contribution is 2.45. The Balaban J connectivity index is 0.000000113. The first-order valence-corrected chi connectivity index (χ1v) is 51.8. The van der Waals surface area contributed by atoms with Gasteiger partial charge in [0, 0.05) is 0 Å². The van der Waals surface area contributed by atoms with Crippen LogP contribution in [0.1, 0.15) is 33.4 Å². The van der Waals surface area contributed by atoms with E-state index in [0.29, 0.717) is 0 Å². The summed E-state index contributed by atoms with van der Waals surface area (Å²) in [7, 11) is 0. The smallest absolute Gasteiger partial charge is 0.00757 e. The fourth-order valence-corrected chi connectivity index (χ4v) is 19.7. The molecular formula is C150H120. The fraction of sp³-hybridized carbons (Fsp3) is 0.0400. The van der Waals surface area contributed by atoms with Crippen LogP contribution < -0.4 is 0 Å². The van der Waals surface area contributed by atoms with Crippen molar-refractivity contribution in [1.29, 1.82) is 0 Å². The molecule has 0 N–H and O–H groups in total. The van der Waals surface area contributed by atoms with Crippen molar-refractivity contribution in [3.63, 3.8) is 0 Å². The number of hydrogen-bond donors (Lipinski definition) is 0. The van der Waals surface area contributed by atoms with Crippen LogP contribution in [0.4, 0.5) is 0 Å². The van der Waals surface area contributed by atoms with Crippen LogP contribution in [0, 0.1) is 41.5 Å². The van der Waals surface area contributed by atoms with Crippen molar-refractivity contribution >= 4 is 0 Å². The molecule has 0 unspecified atom stereocenters. The molecule has 24 aromatic rings. The molecule has 24 aromatic carbocycles. The first-order chi connectivity index (χ1) is 73.9. The summed E-state index contributed by atoms with van der Waals surface area (Å²) in [6, 6.07) is 220. The molecule has 0 nitrogen and oxygen atoms in total. The van der Waals surface area contributed by atoms with Crippen molar-refractivity contribution in [2.45, 2.75) is 41.5 Å². The summed E-state index contributed by atoms with van der Waals surface area (Å²) in [5.41, 5.74) is 53.2. The minimum absolute atomic E-state index is 1.25. The van der Waals surface area contributed by atoms with Crippen molar-refractivity contribution in [2.75, 3.05) is 0 Å². The molecule has 0 saturated carbocycles. The van der Waals surface area contributed by atoms with Gasteiger partial charge < -0.3 is 0 Å². The van der Waals surface area contributed by atoms with Crippen LogP contribution in [-0.2, 0) is 0 Å². The Hall–Kier alpha value is -18.7. The van der Waals surface area contributed by atoms with Crippen molar-refractivity contribution in [2.24, 2.45) is 0 Å². The van der Waals surface area contributed by atoms with E-state index in [-0.39, 0.29) is 0 Å². The highest BCUT2D eigenvalue weighted by atomic mass is 14.2. The zero-order chi connectivity index (χ0) is 102. The molecule has 150 heavy (non-hydrogen) atoms. The summed E-state index contributed by atoms with van der Waals surface area (Å²) in [4.78, 5) is 0. The van der Waals surface area contributed by atoms with E-state index in [4.69, 9.17) is 0 Å². The van der Waals surface area contributed by atoms with E-state index >= 15 is 0 Å². The van der Waals surface area contributed by atoms with Gasteiger partial charge in [-0.1, -0.05) is 593 Å². The molecule has 0 spiro atoms. The molecule has 0 saturated heterocycles. The summed E-state index contributed by atoms with van der Waals surface area (Å²) in [6.45, 7) is 13.0. The molecule has 0 bridgehead atoms. The number of rotatable bonds is 18. The number of hydrogen-bond acceptors (Lipinski definition) is 0. The van der Waals surface area contributed by atoms with Crippen LogP contribution in [-0.4, -0.2) is 0 Å².